The van der Waals surface area contributed by atoms with Gasteiger partial charge in [0.15, 0.2) is 0 Å². The van der Waals surface area contributed by atoms with Gasteiger partial charge >= 0.3 is 5.97 Å². The minimum atomic E-state index is -0.740. The van der Waals surface area contributed by atoms with Gasteiger partial charge in [-0.15, -0.1) is 0 Å². The van der Waals surface area contributed by atoms with Gasteiger partial charge in [0.05, 0.1) is 6.42 Å². The smallest absolute Gasteiger partial charge is 0.304 e. The molecule has 0 aromatic heterocycles. The Morgan fingerprint density at radius 2 is 2.06 bits per heavy atom. The first-order chi connectivity index (χ1) is 8.22. The molecule has 0 fully saturated rings. The van der Waals surface area contributed by atoms with Gasteiger partial charge in [0.25, 0.3) is 0 Å². The molecule has 0 saturated heterocycles. The van der Waals surface area contributed by atoms with Crippen molar-refractivity contribution in [3.05, 3.63) is 42.0 Å². The number of aliphatic carboxylic acids is 1. The molecule has 3 nitrogen and oxygen atoms in total. The highest BCUT2D eigenvalue weighted by Crippen LogP contribution is 2.01. The van der Waals surface area contributed by atoms with Crippen molar-refractivity contribution < 1.29 is 9.90 Å². The number of likely N-dealkylation sites (N-methyl/N-ethyl adjacent to an activating group) is 1. The number of rotatable bonds is 7. The van der Waals surface area contributed by atoms with Gasteiger partial charge in [-0.05, 0) is 12.1 Å². The summed E-state index contributed by atoms with van der Waals surface area (Å²) in [6.45, 7) is 4.30. The van der Waals surface area contributed by atoms with Crippen LogP contribution in [0.1, 0.15) is 18.9 Å². The van der Waals surface area contributed by atoms with Crippen LogP contribution in [0, 0.1) is 0 Å². The lowest BCUT2D eigenvalue weighted by Gasteiger charge is -2.16. The summed E-state index contributed by atoms with van der Waals surface area (Å²) in [4.78, 5) is 12.6. The highest BCUT2D eigenvalue weighted by molar-refractivity contribution is 5.66. The lowest BCUT2D eigenvalue weighted by atomic mass is 10.2. The summed E-state index contributed by atoms with van der Waals surface area (Å²) >= 11 is 0. The minimum absolute atomic E-state index is 0.201. The Labute approximate surface area is 102 Å². The molecule has 0 atom stereocenters. The fraction of sp³-hybridized carbons (Fsp3) is 0.357. The molecule has 3 heteroatoms. The van der Waals surface area contributed by atoms with E-state index in [1.165, 1.54) is 5.56 Å². The second-order valence-electron chi connectivity index (χ2n) is 3.85. The van der Waals surface area contributed by atoms with Crippen LogP contribution in [0.25, 0.3) is 6.08 Å². The fourth-order valence-electron chi connectivity index (χ4n) is 1.53. The molecule has 1 aromatic carbocycles. The van der Waals surface area contributed by atoms with Gasteiger partial charge in [-0.1, -0.05) is 49.4 Å². The molecular weight excluding hydrogens is 214 g/mol. The molecule has 1 N–H and O–H groups in total. The number of carboxylic acid groups (broad SMARTS) is 1. The normalized spacial score (nSPS) is 11.2. The largest absolute Gasteiger partial charge is 0.481 e. The maximum atomic E-state index is 10.5. The molecule has 0 heterocycles. The SMILES string of the molecule is CCN(C/C=C/c1ccccc1)CCC(=O)O. The Hall–Kier alpha value is -1.61. The molecule has 1 aromatic rings. The van der Waals surface area contributed by atoms with Crippen molar-refractivity contribution in [3.8, 4) is 0 Å². The average Bonchev–Trinajstić information content (AvgIpc) is 2.34. The van der Waals surface area contributed by atoms with Crippen LogP contribution in [-0.2, 0) is 4.79 Å². The maximum absolute atomic E-state index is 10.5. The van der Waals surface area contributed by atoms with Crippen molar-refractivity contribution in [1.82, 2.24) is 4.90 Å². The molecule has 0 aliphatic rings. The first-order valence-electron chi connectivity index (χ1n) is 5.88. The van der Waals surface area contributed by atoms with Crippen LogP contribution in [0.15, 0.2) is 36.4 Å². The standard InChI is InChI=1S/C14H19NO2/c1-2-15(12-10-14(16)17)11-6-9-13-7-4-3-5-8-13/h3-9H,2,10-12H2,1H3,(H,16,17)/b9-6+. The maximum Gasteiger partial charge on any atom is 0.304 e. The van der Waals surface area contributed by atoms with E-state index >= 15 is 0 Å². The van der Waals surface area contributed by atoms with Gasteiger partial charge in [-0.3, -0.25) is 9.69 Å². The van der Waals surface area contributed by atoms with Crippen LogP contribution in [0.2, 0.25) is 0 Å². The average molecular weight is 233 g/mol. The van der Waals surface area contributed by atoms with Gasteiger partial charge in [0.1, 0.15) is 0 Å². The van der Waals surface area contributed by atoms with Gasteiger partial charge in [-0.2, -0.15) is 0 Å². The lowest BCUT2D eigenvalue weighted by Crippen LogP contribution is -2.26. The number of carboxylic acids is 1. The van der Waals surface area contributed by atoms with Crippen LogP contribution in [-0.4, -0.2) is 35.6 Å². The molecule has 0 amide bonds. The first kappa shape index (κ1) is 13.5. The van der Waals surface area contributed by atoms with Crippen LogP contribution < -0.4 is 0 Å². The van der Waals surface area contributed by atoms with E-state index in [2.05, 4.69) is 17.1 Å². The van der Waals surface area contributed by atoms with Crippen LogP contribution in [0.3, 0.4) is 0 Å². The monoisotopic (exact) mass is 233 g/mol. The van der Waals surface area contributed by atoms with Crippen molar-refractivity contribution in [2.75, 3.05) is 19.6 Å². The molecule has 0 radical (unpaired) electrons. The molecular formula is C14H19NO2. The van der Waals surface area contributed by atoms with Crippen molar-refractivity contribution >= 4 is 12.0 Å². The second-order valence-corrected chi connectivity index (χ2v) is 3.85. The van der Waals surface area contributed by atoms with Gasteiger partial charge in [0.2, 0.25) is 0 Å². The summed E-state index contributed by atoms with van der Waals surface area (Å²) < 4.78 is 0. The van der Waals surface area contributed by atoms with E-state index < -0.39 is 5.97 Å². The third-order valence-electron chi connectivity index (χ3n) is 2.56. The number of hydrogen-bond donors (Lipinski definition) is 1. The Bertz CT molecular complexity index is 360. The fourth-order valence-corrected chi connectivity index (χ4v) is 1.53. The molecule has 0 spiro atoms. The predicted molar refractivity (Wildman–Crippen MR) is 69.8 cm³/mol. The summed E-state index contributed by atoms with van der Waals surface area (Å²) in [7, 11) is 0. The van der Waals surface area contributed by atoms with E-state index in [1.54, 1.807) is 0 Å². The number of nitrogens with zero attached hydrogens (tertiary/aromatic N) is 1. The van der Waals surface area contributed by atoms with Crippen LogP contribution in [0.5, 0.6) is 0 Å². The quantitative estimate of drug-likeness (QED) is 0.786. The summed E-state index contributed by atoms with van der Waals surface area (Å²) in [5.41, 5.74) is 1.17. The second kappa shape index (κ2) is 7.63. The third-order valence-corrected chi connectivity index (χ3v) is 2.56. The van der Waals surface area contributed by atoms with Crippen LogP contribution >= 0.6 is 0 Å². The molecule has 1 rings (SSSR count). The van der Waals surface area contributed by atoms with Crippen molar-refractivity contribution in [2.45, 2.75) is 13.3 Å². The highest BCUT2D eigenvalue weighted by Gasteiger charge is 2.02. The summed E-state index contributed by atoms with van der Waals surface area (Å²) in [5, 5.41) is 8.62. The first-order valence-corrected chi connectivity index (χ1v) is 5.88. The zero-order valence-corrected chi connectivity index (χ0v) is 10.2. The topological polar surface area (TPSA) is 40.5 Å². The van der Waals surface area contributed by atoms with E-state index in [-0.39, 0.29) is 6.42 Å². The van der Waals surface area contributed by atoms with Gasteiger partial charge < -0.3 is 5.11 Å². The van der Waals surface area contributed by atoms with Crippen molar-refractivity contribution in [1.29, 1.82) is 0 Å². The van der Waals surface area contributed by atoms with Crippen molar-refractivity contribution in [3.63, 3.8) is 0 Å². The Kier molecular flexibility index (Phi) is 6.04. The lowest BCUT2D eigenvalue weighted by molar-refractivity contribution is -0.137. The zero-order chi connectivity index (χ0) is 12.5. The molecule has 0 aliphatic carbocycles. The Morgan fingerprint density at radius 3 is 2.65 bits per heavy atom. The zero-order valence-electron chi connectivity index (χ0n) is 10.2. The molecule has 0 unspecified atom stereocenters. The molecule has 0 aliphatic heterocycles. The number of benzene rings is 1. The Morgan fingerprint density at radius 1 is 1.35 bits per heavy atom. The van der Waals surface area contributed by atoms with E-state index in [0.717, 1.165) is 13.1 Å². The van der Waals surface area contributed by atoms with Crippen molar-refractivity contribution in [2.24, 2.45) is 0 Å². The van der Waals surface area contributed by atoms with E-state index in [0.29, 0.717) is 6.54 Å². The van der Waals surface area contributed by atoms with E-state index in [9.17, 15) is 4.79 Å². The molecule has 0 bridgehead atoms. The third kappa shape index (κ3) is 5.88. The number of carbonyl (C=O) groups is 1. The molecule has 17 heavy (non-hydrogen) atoms. The summed E-state index contributed by atoms with van der Waals surface area (Å²) in [6, 6.07) is 10.1. The van der Waals surface area contributed by atoms with E-state index in [4.69, 9.17) is 5.11 Å². The summed E-state index contributed by atoms with van der Waals surface area (Å²) in [5.74, 6) is -0.740. The Balaban J connectivity index is 2.37. The highest BCUT2D eigenvalue weighted by atomic mass is 16.4. The van der Waals surface area contributed by atoms with Gasteiger partial charge in [-0.25, -0.2) is 0 Å². The van der Waals surface area contributed by atoms with E-state index in [1.807, 2.05) is 37.3 Å². The van der Waals surface area contributed by atoms with Gasteiger partial charge in [0, 0.05) is 13.1 Å². The summed E-state index contributed by atoms with van der Waals surface area (Å²) in [6.07, 6.45) is 4.33. The molecule has 92 valence electrons. The molecule has 0 saturated carbocycles. The minimum Gasteiger partial charge on any atom is -0.481 e. The predicted octanol–water partition coefficient (Wildman–Crippen LogP) is 2.50. The number of hydrogen-bond acceptors (Lipinski definition) is 2. The van der Waals surface area contributed by atoms with Crippen LogP contribution in [0.4, 0.5) is 0 Å².